The summed E-state index contributed by atoms with van der Waals surface area (Å²) in [5.41, 5.74) is 0. The molecule has 0 radical (unpaired) electrons. The number of carbonyl (C=O) groups excluding carboxylic acids is 3. The van der Waals surface area contributed by atoms with E-state index >= 15 is 0 Å². The standard InChI is InChI=1S/C77H124O6/c1-4-7-10-13-16-19-22-25-27-29-31-33-35-37-38-40-41-43-45-47-49-52-55-58-61-64-67-70-76(79)82-73-74(72-81-75(78)69-66-63-60-57-54-51-24-21-18-15-12-9-6-3)83-77(80)71-68-65-62-59-56-53-50-48-46-44-42-39-36-34-32-30-28-26-23-20-17-14-11-8-5-2/h7-12,16-21,25-28,31-34,37-38,51,54,60,63,74H,4-6,13-15,22-24,29-30,35-36,39-50,52-53,55-59,61-62,64-73H2,1-3H3/b10-7-,11-8-,12-9-,19-16-,20-17-,21-18-,27-25-,28-26-,33-31-,34-32-,38-37-,54-51-,63-60-. The van der Waals surface area contributed by atoms with Crippen molar-refractivity contribution < 1.29 is 28.6 Å². The van der Waals surface area contributed by atoms with Crippen LogP contribution in [0.4, 0.5) is 0 Å². The Morgan fingerprint density at radius 3 is 0.747 bits per heavy atom. The fourth-order valence-corrected chi connectivity index (χ4v) is 9.06. The van der Waals surface area contributed by atoms with E-state index in [1.807, 2.05) is 6.08 Å². The lowest BCUT2D eigenvalue weighted by Crippen LogP contribution is -2.30. The first-order valence-corrected chi connectivity index (χ1v) is 34.0. The van der Waals surface area contributed by atoms with Crippen LogP contribution >= 0.6 is 0 Å². The van der Waals surface area contributed by atoms with Crippen molar-refractivity contribution in [1.82, 2.24) is 0 Å². The van der Waals surface area contributed by atoms with Crippen molar-refractivity contribution in [2.45, 2.75) is 297 Å². The SMILES string of the molecule is CC/C=C\C/C=C\C/C=C\C/C=C\C/C=C\CCCCCCCCCCCCCC(=O)OCC(COC(=O)CC/C=C\C/C=C\C/C=C\C/C=C\CC)OC(=O)CCCCCCCCCCCCCC/C=C\C/C=C\C/C=C\C/C=C\CC. The second kappa shape index (κ2) is 69.5. The highest BCUT2D eigenvalue weighted by Gasteiger charge is 2.19. The molecule has 0 aliphatic heterocycles. The summed E-state index contributed by atoms with van der Waals surface area (Å²) in [5, 5.41) is 0. The van der Waals surface area contributed by atoms with Crippen LogP contribution in [0.2, 0.25) is 0 Å². The first-order chi connectivity index (χ1) is 41.0. The molecule has 0 fully saturated rings. The summed E-state index contributed by atoms with van der Waals surface area (Å²) in [6, 6.07) is 0. The number of allylic oxidation sites excluding steroid dienone is 26. The number of unbranched alkanes of at least 4 members (excludes halogenated alkanes) is 23. The van der Waals surface area contributed by atoms with Crippen molar-refractivity contribution >= 4 is 17.9 Å². The Hall–Kier alpha value is -4.97. The molecule has 0 N–H and O–H groups in total. The fourth-order valence-electron chi connectivity index (χ4n) is 9.06. The van der Waals surface area contributed by atoms with E-state index in [-0.39, 0.29) is 37.5 Å². The first kappa shape index (κ1) is 78.0. The zero-order valence-corrected chi connectivity index (χ0v) is 53.7. The lowest BCUT2D eigenvalue weighted by Gasteiger charge is -2.18. The van der Waals surface area contributed by atoms with Crippen LogP contribution in [-0.2, 0) is 28.6 Å². The van der Waals surface area contributed by atoms with Gasteiger partial charge in [-0.25, -0.2) is 0 Å². The highest BCUT2D eigenvalue weighted by molar-refractivity contribution is 5.71. The molecule has 0 rings (SSSR count). The Labute approximate surface area is 511 Å². The minimum absolute atomic E-state index is 0.107. The molecular weight excluding hydrogens is 1020 g/mol. The van der Waals surface area contributed by atoms with Crippen LogP contribution in [0.15, 0.2) is 158 Å². The highest BCUT2D eigenvalue weighted by Crippen LogP contribution is 2.16. The maximum atomic E-state index is 12.9. The van der Waals surface area contributed by atoms with E-state index in [0.717, 1.165) is 122 Å². The minimum Gasteiger partial charge on any atom is -0.462 e. The minimum atomic E-state index is -0.817. The van der Waals surface area contributed by atoms with Crippen molar-refractivity contribution in [2.24, 2.45) is 0 Å². The molecule has 6 heteroatoms. The van der Waals surface area contributed by atoms with Gasteiger partial charge in [0, 0.05) is 19.3 Å². The summed E-state index contributed by atoms with van der Waals surface area (Å²) >= 11 is 0. The Kier molecular flexibility index (Phi) is 65.4. The van der Waals surface area contributed by atoms with Crippen LogP contribution in [0.3, 0.4) is 0 Å². The summed E-state index contributed by atoms with van der Waals surface area (Å²) in [6.07, 6.45) is 101. The monoisotopic (exact) mass is 1140 g/mol. The Bertz CT molecular complexity index is 1840. The summed E-state index contributed by atoms with van der Waals surface area (Å²) < 4.78 is 16.9. The molecular formula is C77H124O6. The van der Waals surface area contributed by atoms with Crippen LogP contribution in [0, 0.1) is 0 Å². The van der Waals surface area contributed by atoms with Gasteiger partial charge in [-0.2, -0.15) is 0 Å². The molecule has 0 aromatic carbocycles. The maximum Gasteiger partial charge on any atom is 0.306 e. The van der Waals surface area contributed by atoms with Crippen molar-refractivity contribution in [3.8, 4) is 0 Å². The number of carbonyl (C=O) groups is 3. The van der Waals surface area contributed by atoms with E-state index in [4.69, 9.17) is 14.2 Å². The van der Waals surface area contributed by atoms with Gasteiger partial charge in [0.15, 0.2) is 6.10 Å². The maximum absolute atomic E-state index is 12.9. The Morgan fingerprint density at radius 2 is 0.458 bits per heavy atom. The predicted octanol–water partition coefficient (Wildman–Crippen LogP) is 23.7. The Morgan fingerprint density at radius 1 is 0.241 bits per heavy atom. The molecule has 0 aromatic heterocycles. The van der Waals surface area contributed by atoms with E-state index in [1.54, 1.807) is 0 Å². The predicted molar refractivity (Wildman–Crippen MR) is 362 cm³/mol. The number of hydrogen-bond donors (Lipinski definition) is 0. The largest absolute Gasteiger partial charge is 0.462 e. The van der Waals surface area contributed by atoms with Crippen molar-refractivity contribution in [2.75, 3.05) is 13.2 Å². The molecule has 0 amide bonds. The van der Waals surface area contributed by atoms with Gasteiger partial charge >= 0.3 is 17.9 Å². The Balaban J connectivity index is 4.35. The van der Waals surface area contributed by atoms with Crippen LogP contribution < -0.4 is 0 Å². The smallest absolute Gasteiger partial charge is 0.306 e. The molecule has 0 bridgehead atoms. The summed E-state index contributed by atoms with van der Waals surface area (Å²) in [4.78, 5) is 38.4. The average molecular weight is 1150 g/mol. The zero-order chi connectivity index (χ0) is 59.9. The third-order valence-corrected chi connectivity index (χ3v) is 14.0. The molecule has 0 aromatic rings. The van der Waals surface area contributed by atoms with Gasteiger partial charge in [0.05, 0.1) is 0 Å². The molecule has 0 saturated carbocycles. The number of rotatable bonds is 60. The molecule has 0 aliphatic carbocycles. The molecule has 1 unspecified atom stereocenters. The van der Waals surface area contributed by atoms with Gasteiger partial charge in [-0.15, -0.1) is 0 Å². The van der Waals surface area contributed by atoms with Crippen molar-refractivity contribution in [1.29, 1.82) is 0 Å². The van der Waals surface area contributed by atoms with E-state index in [1.165, 1.54) is 122 Å². The molecule has 0 saturated heterocycles. The number of ether oxygens (including phenoxy) is 3. The molecule has 0 aliphatic rings. The normalized spacial score (nSPS) is 13.1. The first-order valence-electron chi connectivity index (χ1n) is 34.0. The van der Waals surface area contributed by atoms with E-state index in [9.17, 15) is 14.4 Å². The van der Waals surface area contributed by atoms with Gasteiger partial charge in [-0.3, -0.25) is 14.4 Å². The topological polar surface area (TPSA) is 78.9 Å². The van der Waals surface area contributed by atoms with Gasteiger partial charge in [-0.1, -0.05) is 301 Å². The molecule has 0 heterocycles. The van der Waals surface area contributed by atoms with Gasteiger partial charge in [0.25, 0.3) is 0 Å². The van der Waals surface area contributed by atoms with E-state index < -0.39 is 6.10 Å². The van der Waals surface area contributed by atoms with Gasteiger partial charge in [0.2, 0.25) is 0 Å². The second-order valence-electron chi connectivity index (χ2n) is 21.9. The van der Waals surface area contributed by atoms with E-state index in [2.05, 4.69) is 173 Å². The number of hydrogen-bond acceptors (Lipinski definition) is 6. The summed E-state index contributed by atoms with van der Waals surface area (Å²) in [7, 11) is 0. The van der Waals surface area contributed by atoms with Gasteiger partial charge in [-0.05, 0) is 128 Å². The van der Waals surface area contributed by atoms with Crippen LogP contribution in [0.5, 0.6) is 0 Å². The fraction of sp³-hybridized carbons (Fsp3) is 0.623. The highest BCUT2D eigenvalue weighted by atomic mass is 16.6. The van der Waals surface area contributed by atoms with Crippen LogP contribution in [0.25, 0.3) is 0 Å². The van der Waals surface area contributed by atoms with Crippen molar-refractivity contribution in [3.05, 3.63) is 158 Å². The average Bonchev–Trinajstić information content (AvgIpc) is 3.49. The summed E-state index contributed by atoms with van der Waals surface area (Å²) in [5.74, 6) is -0.995. The van der Waals surface area contributed by atoms with Crippen LogP contribution in [-0.4, -0.2) is 37.2 Å². The molecule has 0 spiro atoms. The second-order valence-corrected chi connectivity index (χ2v) is 21.9. The quantitative estimate of drug-likeness (QED) is 0.0261. The lowest BCUT2D eigenvalue weighted by molar-refractivity contribution is -0.166. The molecule has 6 nitrogen and oxygen atoms in total. The van der Waals surface area contributed by atoms with Crippen LogP contribution in [0.1, 0.15) is 290 Å². The van der Waals surface area contributed by atoms with Crippen molar-refractivity contribution in [3.63, 3.8) is 0 Å². The van der Waals surface area contributed by atoms with E-state index in [0.29, 0.717) is 19.3 Å². The number of esters is 3. The lowest BCUT2D eigenvalue weighted by atomic mass is 10.0. The molecule has 468 valence electrons. The molecule has 83 heavy (non-hydrogen) atoms. The van der Waals surface area contributed by atoms with Gasteiger partial charge < -0.3 is 14.2 Å². The third-order valence-electron chi connectivity index (χ3n) is 14.0. The van der Waals surface area contributed by atoms with Gasteiger partial charge in [0.1, 0.15) is 13.2 Å². The third kappa shape index (κ3) is 67.7. The zero-order valence-electron chi connectivity index (χ0n) is 53.7. The summed E-state index contributed by atoms with van der Waals surface area (Å²) in [6.45, 7) is 6.24. The molecule has 1 atom stereocenters.